The van der Waals surface area contributed by atoms with E-state index in [0.29, 0.717) is 9.13 Å². The summed E-state index contributed by atoms with van der Waals surface area (Å²) in [5, 5.41) is 0. The minimum Gasteiger partial charge on any atom is -0.405 e. The minimum absolute atomic E-state index is 0.139. The molecule has 1 aromatic rings. The molecule has 0 atom stereocenters. The standard InChI is InChI=1S/C8H6F3IO/c1-5-2-3-6(12)4-7(5)13-8(9,10)11/h2-4H,1H3. The minimum atomic E-state index is -4.62. The van der Waals surface area contributed by atoms with Crippen molar-refractivity contribution in [1.82, 2.24) is 0 Å². The Morgan fingerprint density at radius 2 is 1.92 bits per heavy atom. The number of aryl methyl sites for hydroxylation is 1. The predicted octanol–water partition coefficient (Wildman–Crippen LogP) is 3.50. The van der Waals surface area contributed by atoms with Gasteiger partial charge in [-0.25, -0.2) is 0 Å². The molecule has 0 N–H and O–H groups in total. The Morgan fingerprint density at radius 1 is 1.31 bits per heavy atom. The van der Waals surface area contributed by atoms with E-state index in [1.165, 1.54) is 6.07 Å². The van der Waals surface area contributed by atoms with Crippen molar-refractivity contribution in [2.75, 3.05) is 0 Å². The molecule has 5 heteroatoms. The lowest BCUT2D eigenvalue weighted by atomic mass is 10.2. The average Bonchev–Trinajstić information content (AvgIpc) is 1.94. The summed E-state index contributed by atoms with van der Waals surface area (Å²) in [6, 6.07) is 4.66. The van der Waals surface area contributed by atoms with Crippen molar-refractivity contribution in [3.63, 3.8) is 0 Å². The fraction of sp³-hybridized carbons (Fsp3) is 0.250. The number of halogens is 4. The van der Waals surface area contributed by atoms with Crippen LogP contribution < -0.4 is 4.74 Å². The molecule has 1 nitrogen and oxygen atoms in total. The van der Waals surface area contributed by atoms with Gasteiger partial charge >= 0.3 is 6.36 Å². The molecular formula is C8H6F3IO. The van der Waals surface area contributed by atoms with Crippen LogP contribution in [0.3, 0.4) is 0 Å². The summed E-state index contributed by atoms with van der Waals surface area (Å²) in [6.45, 7) is 1.57. The molecule has 0 fully saturated rings. The quantitative estimate of drug-likeness (QED) is 0.722. The van der Waals surface area contributed by atoms with Crippen LogP contribution in [0.5, 0.6) is 5.75 Å². The second kappa shape index (κ2) is 3.73. The molecule has 1 rings (SSSR count). The molecule has 1 aromatic carbocycles. The first kappa shape index (κ1) is 10.6. The van der Waals surface area contributed by atoms with Gasteiger partial charge in [-0.15, -0.1) is 13.2 Å². The summed E-state index contributed by atoms with van der Waals surface area (Å²) >= 11 is 1.93. The van der Waals surface area contributed by atoms with Gasteiger partial charge in [0, 0.05) is 3.57 Å². The van der Waals surface area contributed by atoms with E-state index in [2.05, 4.69) is 4.74 Å². The third kappa shape index (κ3) is 3.41. The maximum atomic E-state index is 11.8. The van der Waals surface area contributed by atoms with Gasteiger partial charge in [-0.05, 0) is 47.2 Å². The third-order valence-corrected chi connectivity index (χ3v) is 2.05. The largest absolute Gasteiger partial charge is 0.573 e. The highest BCUT2D eigenvalue weighted by atomic mass is 127. The van der Waals surface area contributed by atoms with Gasteiger partial charge in [0.1, 0.15) is 5.75 Å². The van der Waals surface area contributed by atoms with Gasteiger partial charge in [0.05, 0.1) is 0 Å². The molecule has 0 radical (unpaired) electrons. The van der Waals surface area contributed by atoms with Gasteiger partial charge in [0.25, 0.3) is 0 Å². The van der Waals surface area contributed by atoms with Crippen molar-refractivity contribution in [2.45, 2.75) is 13.3 Å². The molecule has 0 bridgehead atoms. The molecule has 0 spiro atoms. The highest BCUT2D eigenvalue weighted by Crippen LogP contribution is 2.27. The molecular weight excluding hydrogens is 296 g/mol. The second-order valence-corrected chi connectivity index (χ2v) is 3.70. The molecule has 0 aliphatic heterocycles. The highest BCUT2D eigenvalue weighted by Gasteiger charge is 2.31. The van der Waals surface area contributed by atoms with Crippen LogP contribution in [0.2, 0.25) is 0 Å². The van der Waals surface area contributed by atoms with Crippen LogP contribution in [0.1, 0.15) is 5.56 Å². The Labute approximate surface area is 87.0 Å². The average molecular weight is 302 g/mol. The van der Waals surface area contributed by atoms with E-state index >= 15 is 0 Å². The zero-order valence-electron chi connectivity index (χ0n) is 6.65. The molecule has 0 aliphatic rings. The molecule has 0 heterocycles. The second-order valence-electron chi connectivity index (χ2n) is 2.46. The van der Waals surface area contributed by atoms with Gasteiger partial charge in [-0.1, -0.05) is 6.07 Å². The number of ether oxygens (including phenoxy) is 1. The molecule has 13 heavy (non-hydrogen) atoms. The van der Waals surface area contributed by atoms with Crippen molar-refractivity contribution < 1.29 is 17.9 Å². The predicted molar refractivity (Wildman–Crippen MR) is 50.6 cm³/mol. The first-order valence-electron chi connectivity index (χ1n) is 3.40. The maximum absolute atomic E-state index is 11.8. The third-order valence-electron chi connectivity index (χ3n) is 1.38. The van der Waals surface area contributed by atoms with Crippen molar-refractivity contribution >= 4 is 22.6 Å². The van der Waals surface area contributed by atoms with E-state index in [0.717, 1.165) is 0 Å². The van der Waals surface area contributed by atoms with Gasteiger partial charge < -0.3 is 4.74 Å². The topological polar surface area (TPSA) is 9.23 Å². The van der Waals surface area contributed by atoms with Crippen molar-refractivity contribution in [3.8, 4) is 5.75 Å². The summed E-state index contributed by atoms with van der Waals surface area (Å²) < 4.78 is 40.0. The number of hydrogen-bond donors (Lipinski definition) is 0. The Morgan fingerprint density at radius 3 is 2.46 bits per heavy atom. The van der Waals surface area contributed by atoms with Crippen LogP contribution in [-0.4, -0.2) is 6.36 Å². The van der Waals surface area contributed by atoms with Gasteiger partial charge in [-0.3, -0.25) is 0 Å². The van der Waals surface area contributed by atoms with Crippen molar-refractivity contribution in [2.24, 2.45) is 0 Å². The van der Waals surface area contributed by atoms with Crippen LogP contribution in [0.4, 0.5) is 13.2 Å². The van der Waals surface area contributed by atoms with E-state index in [-0.39, 0.29) is 5.75 Å². The number of rotatable bonds is 1. The van der Waals surface area contributed by atoms with Gasteiger partial charge in [-0.2, -0.15) is 0 Å². The monoisotopic (exact) mass is 302 g/mol. The fourth-order valence-electron chi connectivity index (χ4n) is 0.809. The lowest BCUT2D eigenvalue weighted by Gasteiger charge is -2.11. The SMILES string of the molecule is Cc1ccc(I)cc1OC(F)(F)F. The summed E-state index contributed by atoms with van der Waals surface area (Å²) in [4.78, 5) is 0. The highest BCUT2D eigenvalue weighted by molar-refractivity contribution is 14.1. The summed E-state index contributed by atoms with van der Waals surface area (Å²) in [6.07, 6.45) is -4.62. The Hall–Kier alpha value is -0.460. The summed E-state index contributed by atoms with van der Waals surface area (Å²) in [5.74, 6) is -0.139. The van der Waals surface area contributed by atoms with Crippen LogP contribution in [-0.2, 0) is 0 Å². The molecule has 0 aliphatic carbocycles. The molecule has 72 valence electrons. The Bertz CT molecular complexity index is 309. The first-order valence-corrected chi connectivity index (χ1v) is 4.48. The zero-order valence-corrected chi connectivity index (χ0v) is 8.81. The lowest BCUT2D eigenvalue weighted by molar-refractivity contribution is -0.274. The molecule has 0 unspecified atom stereocenters. The summed E-state index contributed by atoms with van der Waals surface area (Å²) in [5.41, 5.74) is 0.470. The Kier molecular flexibility index (Phi) is 3.05. The number of hydrogen-bond acceptors (Lipinski definition) is 1. The molecule has 0 saturated heterocycles. The van der Waals surface area contributed by atoms with Crippen molar-refractivity contribution in [1.29, 1.82) is 0 Å². The van der Waals surface area contributed by atoms with E-state index in [4.69, 9.17) is 0 Å². The van der Waals surface area contributed by atoms with Crippen molar-refractivity contribution in [3.05, 3.63) is 27.3 Å². The van der Waals surface area contributed by atoms with Gasteiger partial charge in [0.2, 0.25) is 0 Å². The van der Waals surface area contributed by atoms with E-state index in [1.807, 2.05) is 22.6 Å². The fourth-order valence-corrected chi connectivity index (χ4v) is 1.27. The van der Waals surface area contributed by atoms with Gasteiger partial charge in [0.15, 0.2) is 0 Å². The van der Waals surface area contributed by atoms with E-state index in [1.54, 1.807) is 19.1 Å². The maximum Gasteiger partial charge on any atom is 0.573 e. The van der Waals surface area contributed by atoms with Crippen LogP contribution in [0, 0.1) is 10.5 Å². The molecule has 0 saturated carbocycles. The van der Waals surface area contributed by atoms with Crippen LogP contribution in [0.25, 0.3) is 0 Å². The summed E-state index contributed by atoms with van der Waals surface area (Å²) in [7, 11) is 0. The first-order chi connectivity index (χ1) is 5.88. The number of benzene rings is 1. The van der Waals surface area contributed by atoms with Crippen LogP contribution in [0.15, 0.2) is 18.2 Å². The smallest absolute Gasteiger partial charge is 0.405 e. The van der Waals surface area contributed by atoms with Crippen LogP contribution >= 0.6 is 22.6 Å². The molecule has 0 amide bonds. The van der Waals surface area contributed by atoms with E-state index in [9.17, 15) is 13.2 Å². The number of alkyl halides is 3. The van der Waals surface area contributed by atoms with E-state index < -0.39 is 6.36 Å². The zero-order chi connectivity index (χ0) is 10.1. The normalized spacial score (nSPS) is 11.5. The lowest BCUT2D eigenvalue weighted by Crippen LogP contribution is -2.17. The Balaban J connectivity index is 2.94. The molecule has 0 aromatic heterocycles.